The summed E-state index contributed by atoms with van der Waals surface area (Å²) < 4.78 is 0.844. The zero-order valence-electron chi connectivity index (χ0n) is 17.1. The van der Waals surface area contributed by atoms with Gasteiger partial charge in [0.1, 0.15) is 0 Å². The lowest BCUT2D eigenvalue weighted by atomic mass is 9.69. The highest BCUT2D eigenvalue weighted by Gasteiger charge is 2.45. The van der Waals surface area contributed by atoms with Gasteiger partial charge >= 0.3 is 0 Å². The lowest BCUT2D eigenvalue weighted by Gasteiger charge is -2.41. The Morgan fingerprint density at radius 1 is 1.14 bits per heavy atom. The van der Waals surface area contributed by atoms with E-state index in [0.29, 0.717) is 23.2 Å². The number of nitrogens with zero attached hydrogens (tertiary/aromatic N) is 3. The minimum absolute atomic E-state index is 0.0136. The maximum absolute atomic E-state index is 13.3. The van der Waals surface area contributed by atoms with Crippen LogP contribution in [0.25, 0.3) is 0 Å². The van der Waals surface area contributed by atoms with Crippen LogP contribution in [0, 0.1) is 5.41 Å². The lowest BCUT2D eigenvalue weighted by molar-refractivity contribution is -0.121. The number of allylic oxidation sites excluding steroid dienone is 2. The summed E-state index contributed by atoms with van der Waals surface area (Å²) in [5.41, 5.74) is 2.43. The van der Waals surface area contributed by atoms with Crippen LogP contribution in [0.1, 0.15) is 58.4 Å². The molecule has 1 aromatic heterocycles. The van der Waals surface area contributed by atoms with Gasteiger partial charge in [0.15, 0.2) is 10.1 Å². The number of Topliss-reactive ketones (excluding diaryl/α,β-unsaturated/α-hetero) is 1. The Kier molecular flexibility index (Phi) is 5.38. The summed E-state index contributed by atoms with van der Waals surface area (Å²) in [4.78, 5) is 28.2. The van der Waals surface area contributed by atoms with Crippen LogP contribution in [0.2, 0.25) is 0 Å². The van der Waals surface area contributed by atoms with Gasteiger partial charge in [0.2, 0.25) is 11.0 Å². The van der Waals surface area contributed by atoms with Gasteiger partial charge in [-0.3, -0.25) is 14.5 Å². The Morgan fingerprint density at radius 3 is 2.55 bits per heavy atom. The Hall–Kier alpha value is -1.99. The molecule has 2 aromatic rings. The summed E-state index contributed by atoms with van der Waals surface area (Å²) in [6.45, 7) is 8.38. The summed E-state index contributed by atoms with van der Waals surface area (Å²) in [7, 11) is 0. The molecule has 0 spiro atoms. The highest BCUT2D eigenvalue weighted by molar-refractivity contribution is 8.01. The van der Waals surface area contributed by atoms with E-state index < -0.39 is 0 Å². The van der Waals surface area contributed by atoms with Gasteiger partial charge in [0.05, 0.1) is 0 Å². The quantitative estimate of drug-likeness (QED) is 0.495. The fourth-order valence-electron chi connectivity index (χ4n) is 4.15. The minimum Gasteiger partial charge on any atom is -0.294 e. The number of amides is 1. The van der Waals surface area contributed by atoms with Crippen molar-refractivity contribution in [3.63, 3.8) is 0 Å². The standard InChI is InChI=1S/C22H25N3O2S2/c1-13(2)28-21-24-23-20(29-21)25-16-11-22(3,4)12-17(26)19(16)15(10-18(25)27)14-8-6-5-7-9-14/h5-9,13,15H,10-12H2,1-4H3/t15-/m0/s1. The molecule has 152 valence electrons. The molecule has 7 heteroatoms. The first kappa shape index (κ1) is 20.3. The molecule has 2 heterocycles. The molecule has 2 aliphatic rings. The van der Waals surface area contributed by atoms with Crippen LogP contribution in [0.5, 0.6) is 0 Å². The molecule has 0 saturated heterocycles. The van der Waals surface area contributed by atoms with Gasteiger partial charge in [-0.25, -0.2) is 0 Å². The van der Waals surface area contributed by atoms with E-state index in [4.69, 9.17) is 0 Å². The molecular weight excluding hydrogens is 402 g/mol. The fraction of sp³-hybridized carbons (Fsp3) is 0.455. The smallest absolute Gasteiger partial charge is 0.234 e. The second-order valence-corrected chi connectivity index (χ2v) is 11.5. The number of carbonyl (C=O) groups excluding carboxylic acids is 2. The maximum Gasteiger partial charge on any atom is 0.234 e. The van der Waals surface area contributed by atoms with Gasteiger partial charge in [-0.05, 0) is 17.4 Å². The normalized spacial score (nSPS) is 21.7. The molecule has 0 radical (unpaired) electrons. The molecule has 1 aliphatic heterocycles. The molecule has 1 amide bonds. The number of benzene rings is 1. The lowest BCUT2D eigenvalue weighted by Crippen LogP contribution is -2.43. The monoisotopic (exact) mass is 427 g/mol. The van der Waals surface area contributed by atoms with Crippen LogP contribution >= 0.6 is 23.1 Å². The van der Waals surface area contributed by atoms with Crippen molar-refractivity contribution < 1.29 is 9.59 Å². The molecule has 29 heavy (non-hydrogen) atoms. The maximum atomic E-state index is 13.3. The van der Waals surface area contributed by atoms with Gasteiger partial charge < -0.3 is 0 Å². The number of thioether (sulfide) groups is 1. The summed E-state index contributed by atoms with van der Waals surface area (Å²) >= 11 is 3.06. The molecule has 5 nitrogen and oxygen atoms in total. The van der Waals surface area contributed by atoms with Crippen LogP contribution in [0.3, 0.4) is 0 Å². The molecule has 0 bridgehead atoms. The molecule has 1 aromatic carbocycles. The number of anilines is 1. The summed E-state index contributed by atoms with van der Waals surface area (Å²) in [5.74, 6) is -0.0553. The van der Waals surface area contributed by atoms with Gasteiger partial charge in [0, 0.05) is 35.3 Å². The second-order valence-electron chi connectivity index (χ2n) is 8.72. The Balaban J connectivity index is 1.82. The molecular formula is C22H25N3O2S2. The third kappa shape index (κ3) is 4.03. The number of hydrogen-bond acceptors (Lipinski definition) is 6. The van der Waals surface area contributed by atoms with Gasteiger partial charge in [-0.15, -0.1) is 10.2 Å². The van der Waals surface area contributed by atoms with Crippen molar-refractivity contribution in [1.29, 1.82) is 0 Å². The number of carbonyl (C=O) groups is 2. The molecule has 0 N–H and O–H groups in total. The van der Waals surface area contributed by atoms with E-state index in [9.17, 15) is 9.59 Å². The van der Waals surface area contributed by atoms with Crippen molar-refractivity contribution in [2.45, 2.75) is 62.5 Å². The van der Waals surface area contributed by atoms with E-state index >= 15 is 0 Å². The predicted octanol–water partition coefficient (Wildman–Crippen LogP) is 5.20. The van der Waals surface area contributed by atoms with E-state index in [2.05, 4.69) is 37.9 Å². The van der Waals surface area contributed by atoms with E-state index in [1.165, 1.54) is 11.3 Å². The zero-order chi connectivity index (χ0) is 20.8. The van der Waals surface area contributed by atoms with Gasteiger partial charge in [-0.1, -0.05) is 81.1 Å². The summed E-state index contributed by atoms with van der Waals surface area (Å²) in [6.07, 6.45) is 1.46. The number of aromatic nitrogens is 2. The summed E-state index contributed by atoms with van der Waals surface area (Å²) in [5, 5.41) is 9.54. The molecule has 1 aliphatic carbocycles. The van der Waals surface area contributed by atoms with Crippen LogP contribution in [0.4, 0.5) is 5.13 Å². The van der Waals surface area contributed by atoms with E-state index in [0.717, 1.165) is 21.2 Å². The van der Waals surface area contributed by atoms with Crippen LogP contribution in [-0.2, 0) is 9.59 Å². The van der Waals surface area contributed by atoms with E-state index in [1.807, 2.05) is 30.3 Å². The topological polar surface area (TPSA) is 63.2 Å². The van der Waals surface area contributed by atoms with Crippen molar-refractivity contribution in [2.24, 2.45) is 5.41 Å². The molecule has 4 rings (SSSR count). The Morgan fingerprint density at radius 2 is 1.86 bits per heavy atom. The number of ketones is 1. The Labute approximate surface area is 179 Å². The fourth-order valence-corrected chi connectivity index (χ4v) is 6.26. The molecule has 0 saturated carbocycles. The first-order chi connectivity index (χ1) is 13.7. The zero-order valence-corrected chi connectivity index (χ0v) is 18.8. The largest absolute Gasteiger partial charge is 0.294 e. The highest BCUT2D eigenvalue weighted by atomic mass is 32.2. The van der Waals surface area contributed by atoms with Crippen LogP contribution < -0.4 is 4.90 Å². The molecule has 0 fully saturated rings. The third-order valence-corrected chi connectivity index (χ3v) is 7.26. The second kappa shape index (κ2) is 7.69. The van der Waals surface area contributed by atoms with Crippen molar-refractivity contribution in [3.05, 3.63) is 47.2 Å². The van der Waals surface area contributed by atoms with Crippen LogP contribution in [-0.4, -0.2) is 27.1 Å². The van der Waals surface area contributed by atoms with E-state index in [1.54, 1.807) is 16.7 Å². The third-order valence-electron chi connectivity index (χ3n) is 5.27. The first-order valence-corrected chi connectivity index (χ1v) is 11.6. The molecule has 0 unspecified atom stereocenters. The number of rotatable bonds is 4. The Bertz CT molecular complexity index is 979. The predicted molar refractivity (Wildman–Crippen MR) is 117 cm³/mol. The average molecular weight is 428 g/mol. The van der Waals surface area contributed by atoms with Crippen molar-refractivity contribution in [3.8, 4) is 0 Å². The van der Waals surface area contributed by atoms with Gasteiger partial charge in [-0.2, -0.15) is 0 Å². The first-order valence-electron chi connectivity index (χ1n) is 9.89. The SMILES string of the molecule is CC(C)Sc1nnc(N2C(=O)C[C@@H](c3ccccc3)C3=C2CC(C)(C)CC3=O)s1. The van der Waals surface area contributed by atoms with Crippen LogP contribution in [0.15, 0.2) is 45.9 Å². The summed E-state index contributed by atoms with van der Waals surface area (Å²) in [6, 6.07) is 9.89. The minimum atomic E-state index is -0.187. The highest BCUT2D eigenvalue weighted by Crippen LogP contribution is 2.48. The van der Waals surface area contributed by atoms with Crippen molar-refractivity contribution >= 4 is 39.9 Å². The van der Waals surface area contributed by atoms with Crippen molar-refractivity contribution in [2.75, 3.05) is 4.90 Å². The van der Waals surface area contributed by atoms with Gasteiger partial charge in [0.25, 0.3) is 0 Å². The number of hydrogen-bond donors (Lipinski definition) is 0. The average Bonchev–Trinajstić information content (AvgIpc) is 3.07. The van der Waals surface area contributed by atoms with E-state index in [-0.39, 0.29) is 29.4 Å². The van der Waals surface area contributed by atoms with Crippen molar-refractivity contribution in [1.82, 2.24) is 10.2 Å². The molecule has 1 atom stereocenters.